The highest BCUT2D eigenvalue weighted by atomic mass is 32.2. The molecular weight excluding hydrogens is 456 g/mol. The van der Waals surface area contributed by atoms with Gasteiger partial charge in [-0.1, -0.05) is 48.5 Å². The van der Waals surface area contributed by atoms with Crippen molar-refractivity contribution in [2.45, 2.75) is 24.8 Å². The zero-order valence-corrected chi connectivity index (χ0v) is 19.4. The van der Waals surface area contributed by atoms with Crippen LogP contribution in [-0.2, 0) is 30.3 Å². The van der Waals surface area contributed by atoms with Gasteiger partial charge in [-0.25, -0.2) is 4.79 Å². The fraction of sp³-hybridized carbons (Fsp3) is 0.280. The molecule has 2 aliphatic rings. The van der Waals surface area contributed by atoms with Gasteiger partial charge in [0.05, 0.1) is 17.7 Å². The van der Waals surface area contributed by atoms with Crippen LogP contribution in [0.25, 0.3) is 0 Å². The van der Waals surface area contributed by atoms with E-state index in [0.717, 1.165) is 5.56 Å². The van der Waals surface area contributed by atoms with Gasteiger partial charge in [-0.05, 0) is 17.7 Å². The molecule has 4 rings (SSSR count). The Morgan fingerprint density at radius 3 is 2.35 bits per heavy atom. The second-order valence-electron chi connectivity index (χ2n) is 7.89. The first-order chi connectivity index (χ1) is 16.4. The first kappa shape index (κ1) is 23.6. The van der Waals surface area contributed by atoms with Crippen molar-refractivity contribution in [3.8, 4) is 0 Å². The van der Waals surface area contributed by atoms with Crippen LogP contribution in [0.3, 0.4) is 0 Å². The maximum absolute atomic E-state index is 13.0. The quantitative estimate of drug-likeness (QED) is 0.457. The maximum atomic E-state index is 13.0. The third-order valence-electron chi connectivity index (χ3n) is 5.49. The molecule has 2 atom stereocenters. The number of hydrogen-bond acceptors (Lipinski definition) is 7. The van der Waals surface area contributed by atoms with Crippen molar-refractivity contribution in [1.82, 2.24) is 10.2 Å². The van der Waals surface area contributed by atoms with Crippen LogP contribution in [0.1, 0.15) is 22.8 Å². The minimum atomic E-state index is -0.670. The number of rotatable bonds is 8. The highest BCUT2D eigenvalue weighted by Gasteiger charge is 2.52. The zero-order valence-electron chi connectivity index (χ0n) is 18.6. The highest BCUT2D eigenvalue weighted by molar-refractivity contribution is 8.00. The summed E-state index contributed by atoms with van der Waals surface area (Å²) < 4.78 is 10.6. The van der Waals surface area contributed by atoms with Crippen molar-refractivity contribution in [1.29, 1.82) is 0 Å². The summed E-state index contributed by atoms with van der Waals surface area (Å²) in [4.78, 5) is 50.8. The molecule has 2 aliphatic heterocycles. The lowest BCUT2D eigenvalue weighted by atomic mass is 10.0. The normalized spacial score (nSPS) is 19.1. The van der Waals surface area contributed by atoms with Gasteiger partial charge in [0.2, 0.25) is 5.91 Å². The molecule has 8 nitrogen and oxygen atoms in total. The summed E-state index contributed by atoms with van der Waals surface area (Å²) >= 11 is 1.47. The van der Waals surface area contributed by atoms with Crippen molar-refractivity contribution in [3.63, 3.8) is 0 Å². The Bertz CT molecular complexity index is 1120. The van der Waals surface area contributed by atoms with Gasteiger partial charge in [0.1, 0.15) is 24.6 Å². The Labute approximate surface area is 201 Å². The van der Waals surface area contributed by atoms with Crippen LogP contribution >= 0.6 is 11.8 Å². The van der Waals surface area contributed by atoms with Gasteiger partial charge >= 0.3 is 11.9 Å². The Hall–Kier alpha value is -3.59. The van der Waals surface area contributed by atoms with E-state index >= 15 is 0 Å². The summed E-state index contributed by atoms with van der Waals surface area (Å²) in [6.07, 6.45) is 0.178. The maximum Gasteiger partial charge on any atom is 0.338 e. The monoisotopic (exact) mass is 480 g/mol. The largest absolute Gasteiger partial charge is 0.461 e. The molecule has 1 saturated heterocycles. The second-order valence-corrected chi connectivity index (χ2v) is 9.00. The lowest BCUT2D eigenvalue weighted by Gasteiger charge is -2.50. The molecule has 0 aromatic heterocycles. The van der Waals surface area contributed by atoms with Crippen LogP contribution in [0.2, 0.25) is 0 Å². The molecule has 0 radical (unpaired) electrons. The number of thioether (sulfide) groups is 1. The predicted octanol–water partition coefficient (Wildman–Crippen LogP) is 2.30. The van der Waals surface area contributed by atoms with Crippen molar-refractivity contribution in [2.24, 2.45) is 0 Å². The Morgan fingerprint density at radius 2 is 1.68 bits per heavy atom. The molecule has 2 heterocycles. The number of esters is 2. The van der Waals surface area contributed by atoms with Gasteiger partial charge in [0.25, 0.3) is 5.91 Å². The van der Waals surface area contributed by atoms with E-state index in [1.54, 1.807) is 30.3 Å². The number of β-lactam (4-membered cyclic amide) rings is 1. The van der Waals surface area contributed by atoms with Gasteiger partial charge in [-0.3, -0.25) is 19.3 Å². The number of nitrogens with zero attached hydrogens (tertiary/aromatic N) is 1. The molecule has 2 amide bonds. The lowest BCUT2D eigenvalue weighted by molar-refractivity contribution is -0.146. The van der Waals surface area contributed by atoms with Gasteiger partial charge in [-0.15, -0.1) is 11.8 Å². The Morgan fingerprint density at radius 1 is 1.00 bits per heavy atom. The first-order valence-electron chi connectivity index (χ1n) is 10.8. The number of fused-ring (bicyclic) bond motifs is 1. The van der Waals surface area contributed by atoms with Crippen molar-refractivity contribution >= 4 is 35.5 Å². The molecule has 9 heteroatoms. The highest BCUT2D eigenvalue weighted by Crippen LogP contribution is 2.40. The Balaban J connectivity index is 1.45. The average Bonchev–Trinajstić information content (AvgIpc) is 2.85. The van der Waals surface area contributed by atoms with E-state index in [4.69, 9.17) is 9.47 Å². The molecule has 2 aromatic rings. The van der Waals surface area contributed by atoms with Gasteiger partial charge in [0.15, 0.2) is 0 Å². The number of carbonyl (C=O) groups excluding carboxylic acids is 4. The number of benzene rings is 2. The standard InChI is InChI=1S/C25H24N2O6S/c1-16(28)32-13-19-15-34-24-22(26-21(29)12-17-8-4-2-5-9-17)23(30)27(24)20(19)14-33-25(31)18-10-6-3-7-11-18/h2-11,22,24H,12-15H2,1H3,(H,26,29)/t22-,24-/m1/s1. The molecule has 0 spiro atoms. The molecule has 0 unspecified atom stereocenters. The fourth-order valence-electron chi connectivity index (χ4n) is 3.78. The minimum Gasteiger partial charge on any atom is -0.461 e. The molecule has 1 N–H and O–H groups in total. The fourth-order valence-corrected chi connectivity index (χ4v) is 5.16. The summed E-state index contributed by atoms with van der Waals surface area (Å²) in [5.41, 5.74) is 2.44. The summed E-state index contributed by atoms with van der Waals surface area (Å²) in [7, 11) is 0. The van der Waals surface area contributed by atoms with E-state index in [2.05, 4.69) is 5.32 Å². The van der Waals surface area contributed by atoms with E-state index < -0.39 is 18.0 Å². The van der Waals surface area contributed by atoms with Gasteiger partial charge in [-0.2, -0.15) is 0 Å². The second kappa shape index (κ2) is 10.6. The van der Waals surface area contributed by atoms with Gasteiger partial charge in [0, 0.05) is 18.2 Å². The number of hydrogen-bond donors (Lipinski definition) is 1. The molecule has 34 heavy (non-hydrogen) atoms. The van der Waals surface area contributed by atoms with E-state index in [9.17, 15) is 19.2 Å². The van der Waals surface area contributed by atoms with Crippen LogP contribution in [0.4, 0.5) is 0 Å². The minimum absolute atomic E-state index is 0.00207. The summed E-state index contributed by atoms with van der Waals surface area (Å²) in [6, 6.07) is 17.2. The summed E-state index contributed by atoms with van der Waals surface area (Å²) in [5, 5.41) is 2.50. The van der Waals surface area contributed by atoms with E-state index in [1.165, 1.54) is 23.6 Å². The van der Waals surface area contributed by atoms with Crippen molar-refractivity contribution < 1.29 is 28.7 Å². The van der Waals surface area contributed by atoms with Crippen LogP contribution in [0.15, 0.2) is 71.9 Å². The number of amides is 2. The van der Waals surface area contributed by atoms with Crippen molar-refractivity contribution in [3.05, 3.63) is 83.1 Å². The third kappa shape index (κ3) is 5.31. The van der Waals surface area contributed by atoms with E-state index in [0.29, 0.717) is 22.6 Å². The molecule has 176 valence electrons. The molecule has 1 fully saturated rings. The topological polar surface area (TPSA) is 102 Å². The van der Waals surface area contributed by atoms with Gasteiger partial charge < -0.3 is 14.8 Å². The predicted molar refractivity (Wildman–Crippen MR) is 126 cm³/mol. The lowest BCUT2D eigenvalue weighted by Crippen LogP contribution is -2.70. The van der Waals surface area contributed by atoms with Crippen LogP contribution in [0, 0.1) is 0 Å². The molecule has 0 bridgehead atoms. The van der Waals surface area contributed by atoms with Crippen LogP contribution in [-0.4, -0.2) is 59.0 Å². The summed E-state index contributed by atoms with van der Waals surface area (Å²) in [5.74, 6) is -1.01. The molecule has 0 saturated carbocycles. The van der Waals surface area contributed by atoms with E-state index in [-0.39, 0.29) is 36.8 Å². The third-order valence-corrected chi connectivity index (χ3v) is 6.83. The SMILES string of the molecule is CC(=O)OCC1=C(COC(=O)c2ccccc2)N2C(=O)[C@@H](NC(=O)Cc3ccccc3)[C@H]2SC1. The molecule has 2 aromatic carbocycles. The summed E-state index contributed by atoms with van der Waals surface area (Å²) in [6.45, 7) is 1.17. The zero-order chi connectivity index (χ0) is 24.1. The number of nitrogens with one attached hydrogen (secondary N) is 1. The Kier molecular flexibility index (Phi) is 7.32. The van der Waals surface area contributed by atoms with Crippen LogP contribution in [0.5, 0.6) is 0 Å². The molecular formula is C25H24N2O6S. The number of carbonyl (C=O) groups is 4. The van der Waals surface area contributed by atoms with Crippen LogP contribution < -0.4 is 5.32 Å². The molecule has 0 aliphatic carbocycles. The smallest absolute Gasteiger partial charge is 0.338 e. The number of ether oxygens (including phenoxy) is 2. The van der Waals surface area contributed by atoms with Crippen molar-refractivity contribution in [2.75, 3.05) is 19.0 Å². The first-order valence-corrected chi connectivity index (χ1v) is 11.8. The average molecular weight is 481 g/mol. The van der Waals surface area contributed by atoms with E-state index in [1.807, 2.05) is 30.3 Å².